The maximum atomic E-state index is 14.9. The fraction of sp³-hybridized carbons (Fsp3) is 0.346. The van der Waals surface area contributed by atoms with E-state index in [-0.39, 0.29) is 24.1 Å². The van der Waals surface area contributed by atoms with Crippen LogP contribution in [0.15, 0.2) is 42.6 Å². The summed E-state index contributed by atoms with van der Waals surface area (Å²) >= 11 is 0. The Morgan fingerprint density at radius 2 is 1.97 bits per heavy atom. The van der Waals surface area contributed by atoms with Crippen molar-refractivity contribution in [2.24, 2.45) is 5.73 Å². The first-order valence-electron chi connectivity index (χ1n) is 11.7. The van der Waals surface area contributed by atoms with Crippen molar-refractivity contribution in [1.29, 1.82) is 0 Å². The highest BCUT2D eigenvalue weighted by molar-refractivity contribution is 6.10. The average Bonchev–Trinajstić information content (AvgIpc) is 3.53. The second kappa shape index (κ2) is 8.06. The van der Waals surface area contributed by atoms with Gasteiger partial charge in [0.05, 0.1) is 24.9 Å². The second-order valence-electron chi connectivity index (χ2n) is 9.28. The van der Waals surface area contributed by atoms with Gasteiger partial charge in [-0.25, -0.2) is 9.37 Å². The van der Waals surface area contributed by atoms with Gasteiger partial charge in [0.25, 0.3) is 5.91 Å². The molecule has 3 aromatic rings. The average molecular weight is 460 g/mol. The van der Waals surface area contributed by atoms with Gasteiger partial charge in [0.15, 0.2) is 0 Å². The van der Waals surface area contributed by atoms with E-state index in [0.29, 0.717) is 34.3 Å². The highest BCUT2D eigenvalue weighted by Gasteiger charge is 2.35. The predicted molar refractivity (Wildman–Crippen MR) is 128 cm³/mol. The summed E-state index contributed by atoms with van der Waals surface area (Å²) in [4.78, 5) is 26.7. The third kappa shape index (κ3) is 3.49. The van der Waals surface area contributed by atoms with E-state index in [0.717, 1.165) is 38.2 Å². The number of benzene rings is 1. The summed E-state index contributed by atoms with van der Waals surface area (Å²) in [7, 11) is 1.50. The van der Waals surface area contributed by atoms with Gasteiger partial charge in [-0.3, -0.25) is 14.7 Å². The zero-order valence-corrected chi connectivity index (χ0v) is 19.0. The third-order valence-electron chi connectivity index (χ3n) is 6.97. The van der Waals surface area contributed by atoms with Gasteiger partial charge in [0.1, 0.15) is 23.2 Å². The number of aromatic nitrogens is 2. The standard InChI is InChI=1S/C26H26FN5O2/c1-34-21-4-2-3-20(27)24(21)25-19-14-32(26(33)18(19)7-9-29-25)23-12-16(15-5-6-15)11-22(30-23)31-10-8-17(28)13-31/h2-4,7,9,11-12,15,17H,5-6,8,10,13-14,28H2,1H3/t17-/m1/s1. The van der Waals surface area contributed by atoms with Crippen LogP contribution >= 0.6 is 0 Å². The van der Waals surface area contributed by atoms with Crippen molar-refractivity contribution in [2.45, 2.75) is 37.8 Å². The summed E-state index contributed by atoms with van der Waals surface area (Å²) < 4.78 is 20.3. The molecule has 1 amide bonds. The van der Waals surface area contributed by atoms with E-state index in [2.05, 4.69) is 16.0 Å². The van der Waals surface area contributed by atoms with Crippen LogP contribution in [0.25, 0.3) is 11.3 Å². The van der Waals surface area contributed by atoms with Crippen LogP contribution in [0.5, 0.6) is 5.75 Å². The van der Waals surface area contributed by atoms with Crippen molar-refractivity contribution in [3.8, 4) is 17.0 Å². The van der Waals surface area contributed by atoms with Crippen LogP contribution in [-0.4, -0.2) is 42.1 Å². The lowest BCUT2D eigenvalue weighted by molar-refractivity contribution is 0.0996. The van der Waals surface area contributed by atoms with Gasteiger partial charge in [0, 0.05) is 36.5 Å². The summed E-state index contributed by atoms with van der Waals surface area (Å²) in [6, 6.07) is 10.7. The molecular formula is C26H26FN5O2. The number of halogens is 1. The molecule has 0 unspecified atom stereocenters. The van der Waals surface area contributed by atoms with Crippen LogP contribution in [0.4, 0.5) is 16.0 Å². The molecule has 1 aromatic carbocycles. The van der Waals surface area contributed by atoms with E-state index in [1.54, 1.807) is 29.3 Å². The first-order chi connectivity index (χ1) is 16.5. The van der Waals surface area contributed by atoms with Gasteiger partial charge in [0.2, 0.25) is 0 Å². The van der Waals surface area contributed by atoms with Crippen molar-refractivity contribution in [2.75, 3.05) is 30.0 Å². The first-order valence-corrected chi connectivity index (χ1v) is 11.7. The Labute approximate surface area is 197 Å². The number of methoxy groups -OCH3 is 1. The first kappa shape index (κ1) is 21.0. The van der Waals surface area contributed by atoms with Crippen molar-refractivity contribution in [3.05, 3.63) is 65.1 Å². The molecule has 6 rings (SSSR count). The molecule has 2 aliphatic heterocycles. The quantitative estimate of drug-likeness (QED) is 0.624. The molecule has 0 spiro atoms. The van der Waals surface area contributed by atoms with Crippen LogP contribution in [0.1, 0.15) is 46.7 Å². The van der Waals surface area contributed by atoms with E-state index in [4.69, 9.17) is 15.5 Å². The summed E-state index contributed by atoms with van der Waals surface area (Å²) in [6.45, 7) is 1.89. The molecule has 2 N–H and O–H groups in total. The molecule has 1 aliphatic carbocycles. The molecule has 2 fully saturated rings. The number of nitrogens with zero attached hydrogens (tertiary/aromatic N) is 4. The molecule has 0 bridgehead atoms. The molecule has 7 nitrogen and oxygen atoms in total. The summed E-state index contributed by atoms with van der Waals surface area (Å²) in [6.07, 6.45) is 4.78. The minimum Gasteiger partial charge on any atom is -0.496 e. The molecule has 3 aliphatic rings. The summed E-state index contributed by atoms with van der Waals surface area (Å²) in [5.41, 5.74) is 9.23. The number of rotatable bonds is 5. The van der Waals surface area contributed by atoms with Crippen LogP contribution < -0.4 is 20.3 Å². The van der Waals surface area contributed by atoms with E-state index >= 15 is 0 Å². The number of pyridine rings is 2. The van der Waals surface area contributed by atoms with Crippen LogP contribution in [0.2, 0.25) is 0 Å². The van der Waals surface area contributed by atoms with Crippen LogP contribution in [0, 0.1) is 5.82 Å². The van der Waals surface area contributed by atoms with Crippen molar-refractivity contribution in [3.63, 3.8) is 0 Å². The lowest BCUT2D eigenvalue weighted by atomic mass is 10.0. The van der Waals surface area contributed by atoms with Crippen LogP contribution in [-0.2, 0) is 6.54 Å². The highest BCUT2D eigenvalue weighted by atomic mass is 19.1. The minimum atomic E-state index is -0.437. The monoisotopic (exact) mass is 459 g/mol. The Morgan fingerprint density at radius 1 is 1.15 bits per heavy atom. The SMILES string of the molecule is COc1cccc(F)c1-c1nccc2c1CN(c1cc(C3CC3)cc(N3CC[C@@H](N)C3)n1)C2=O. The number of carbonyl (C=O) groups is 1. The van der Waals surface area contributed by atoms with E-state index in [9.17, 15) is 9.18 Å². The number of hydrogen-bond acceptors (Lipinski definition) is 6. The lowest BCUT2D eigenvalue weighted by Crippen LogP contribution is -2.28. The smallest absolute Gasteiger partial charge is 0.260 e. The molecule has 4 heterocycles. The minimum absolute atomic E-state index is 0.136. The van der Waals surface area contributed by atoms with Gasteiger partial charge < -0.3 is 15.4 Å². The van der Waals surface area contributed by atoms with Gasteiger partial charge >= 0.3 is 0 Å². The molecule has 2 aromatic heterocycles. The largest absolute Gasteiger partial charge is 0.496 e. The Morgan fingerprint density at radius 3 is 2.71 bits per heavy atom. The zero-order chi connectivity index (χ0) is 23.4. The molecule has 0 radical (unpaired) electrons. The Bertz CT molecular complexity index is 1290. The van der Waals surface area contributed by atoms with Crippen molar-refractivity contribution in [1.82, 2.24) is 9.97 Å². The topological polar surface area (TPSA) is 84.6 Å². The highest BCUT2D eigenvalue weighted by Crippen LogP contribution is 2.44. The fourth-order valence-electron chi connectivity index (χ4n) is 5.00. The fourth-order valence-corrected chi connectivity index (χ4v) is 5.00. The number of amides is 1. The Balaban J connectivity index is 1.42. The molecule has 1 saturated carbocycles. The number of carbonyl (C=O) groups excluding carboxylic acids is 1. The molecule has 1 atom stereocenters. The number of ether oxygens (including phenoxy) is 1. The van der Waals surface area contributed by atoms with Crippen molar-refractivity contribution < 1.29 is 13.9 Å². The summed E-state index contributed by atoms with van der Waals surface area (Å²) in [5.74, 6) is 1.79. The maximum Gasteiger partial charge on any atom is 0.260 e. The molecule has 8 heteroatoms. The lowest BCUT2D eigenvalue weighted by Gasteiger charge is -2.22. The Kier molecular flexibility index (Phi) is 4.99. The van der Waals surface area contributed by atoms with Crippen molar-refractivity contribution >= 4 is 17.5 Å². The van der Waals surface area contributed by atoms with E-state index in [1.807, 2.05) is 6.07 Å². The predicted octanol–water partition coefficient (Wildman–Crippen LogP) is 3.87. The van der Waals surface area contributed by atoms with Gasteiger partial charge in [-0.1, -0.05) is 6.07 Å². The van der Waals surface area contributed by atoms with Gasteiger partial charge in [-0.15, -0.1) is 0 Å². The summed E-state index contributed by atoms with van der Waals surface area (Å²) in [5, 5.41) is 0. The molecule has 1 saturated heterocycles. The maximum absolute atomic E-state index is 14.9. The Hall–Kier alpha value is -3.52. The van der Waals surface area contributed by atoms with Crippen LogP contribution in [0.3, 0.4) is 0 Å². The molecular weight excluding hydrogens is 433 g/mol. The molecule has 174 valence electrons. The van der Waals surface area contributed by atoms with E-state index < -0.39 is 5.82 Å². The number of hydrogen-bond donors (Lipinski definition) is 1. The normalized spacial score (nSPS) is 19.6. The second-order valence-corrected chi connectivity index (χ2v) is 9.28. The number of nitrogens with two attached hydrogens (primary N) is 1. The number of anilines is 2. The molecule has 34 heavy (non-hydrogen) atoms. The zero-order valence-electron chi connectivity index (χ0n) is 19.0. The van der Waals surface area contributed by atoms with Gasteiger partial charge in [-0.05, 0) is 61.1 Å². The van der Waals surface area contributed by atoms with Gasteiger partial charge in [-0.2, -0.15) is 0 Å². The van der Waals surface area contributed by atoms with E-state index in [1.165, 1.54) is 18.7 Å². The number of fused-ring (bicyclic) bond motifs is 1. The third-order valence-corrected chi connectivity index (χ3v) is 6.97.